The fraction of sp³-hybridized carbons (Fsp3) is 0.240. The molecule has 0 aliphatic rings. The number of fused-ring (bicyclic) bond motifs is 1. The Labute approximate surface area is 201 Å². The molecule has 0 unspecified atom stereocenters. The Morgan fingerprint density at radius 2 is 1.82 bits per heavy atom. The van der Waals surface area contributed by atoms with Crippen LogP contribution in [-0.4, -0.2) is 48.4 Å². The molecule has 8 nitrogen and oxygen atoms in total. The highest BCUT2D eigenvalue weighted by Crippen LogP contribution is 2.28. The van der Waals surface area contributed by atoms with Crippen molar-refractivity contribution in [2.75, 3.05) is 27.9 Å². The summed E-state index contributed by atoms with van der Waals surface area (Å²) in [6, 6.07) is 13.2. The average molecular weight is 479 g/mol. The van der Waals surface area contributed by atoms with E-state index in [1.807, 2.05) is 47.8 Å². The molecule has 1 amide bonds. The van der Waals surface area contributed by atoms with E-state index in [4.69, 9.17) is 14.2 Å². The lowest BCUT2D eigenvalue weighted by Crippen LogP contribution is -2.23. The number of thiazole rings is 1. The largest absolute Gasteiger partial charge is 0.497 e. The molecule has 0 aliphatic heterocycles. The van der Waals surface area contributed by atoms with E-state index in [1.165, 1.54) is 6.08 Å². The summed E-state index contributed by atoms with van der Waals surface area (Å²) in [5.74, 6) is 2.58. The van der Waals surface area contributed by atoms with Crippen LogP contribution in [0.4, 0.5) is 0 Å². The number of hydrogen-bond donors (Lipinski definition) is 1. The van der Waals surface area contributed by atoms with Gasteiger partial charge < -0.3 is 19.5 Å². The van der Waals surface area contributed by atoms with Gasteiger partial charge in [0.25, 0.3) is 0 Å². The van der Waals surface area contributed by atoms with E-state index >= 15 is 0 Å². The molecule has 34 heavy (non-hydrogen) atoms. The number of carbonyl (C=O) groups excluding carboxylic acids is 1. The summed E-state index contributed by atoms with van der Waals surface area (Å²) in [5.41, 5.74) is 2.82. The van der Waals surface area contributed by atoms with Gasteiger partial charge in [-0.2, -0.15) is 4.98 Å². The number of aromatic nitrogens is 3. The van der Waals surface area contributed by atoms with E-state index in [1.54, 1.807) is 44.8 Å². The minimum absolute atomic E-state index is 0.159. The van der Waals surface area contributed by atoms with Crippen LogP contribution in [0.5, 0.6) is 17.2 Å². The Balaban J connectivity index is 1.35. The molecule has 0 saturated heterocycles. The third-order valence-corrected chi connectivity index (χ3v) is 6.54. The number of aryl methyl sites for hydroxylation is 1. The molecule has 0 bridgehead atoms. The molecule has 9 heteroatoms. The summed E-state index contributed by atoms with van der Waals surface area (Å²) in [5, 5.41) is 7.58. The molecule has 0 atom stereocenters. The molecular weight excluding hydrogens is 452 g/mol. The predicted molar refractivity (Wildman–Crippen MR) is 133 cm³/mol. The van der Waals surface area contributed by atoms with E-state index < -0.39 is 0 Å². The van der Waals surface area contributed by atoms with Gasteiger partial charge in [-0.15, -0.1) is 5.10 Å². The first-order valence-electron chi connectivity index (χ1n) is 10.7. The third kappa shape index (κ3) is 5.04. The maximum Gasteiger partial charge on any atom is 0.244 e. The SMILES string of the molecule is COc1ccc(-c2nc3sc(CCNC(=O)C=Cc4ccc(OC)c(OC)c4)c(C)n3n2)cc1. The van der Waals surface area contributed by atoms with Crippen molar-refractivity contribution >= 4 is 28.3 Å². The highest BCUT2D eigenvalue weighted by atomic mass is 32.1. The number of carbonyl (C=O) groups is 1. The summed E-state index contributed by atoms with van der Waals surface area (Å²) in [7, 11) is 4.81. The van der Waals surface area contributed by atoms with E-state index in [0.29, 0.717) is 30.3 Å². The number of nitrogens with one attached hydrogen (secondary N) is 1. The van der Waals surface area contributed by atoms with E-state index in [0.717, 1.165) is 32.4 Å². The molecule has 2 aromatic heterocycles. The van der Waals surface area contributed by atoms with Crippen LogP contribution in [0.25, 0.3) is 22.4 Å². The molecule has 1 N–H and O–H groups in total. The van der Waals surface area contributed by atoms with Gasteiger partial charge in [-0.3, -0.25) is 4.79 Å². The zero-order valence-electron chi connectivity index (χ0n) is 19.5. The number of methoxy groups -OCH3 is 3. The van der Waals surface area contributed by atoms with Gasteiger partial charge in [-0.05, 0) is 55.0 Å². The Kier molecular flexibility index (Phi) is 7.12. The smallest absolute Gasteiger partial charge is 0.244 e. The summed E-state index contributed by atoms with van der Waals surface area (Å²) in [4.78, 5) is 18.9. The van der Waals surface area contributed by atoms with Crippen LogP contribution in [-0.2, 0) is 11.2 Å². The van der Waals surface area contributed by atoms with Crippen molar-refractivity contribution in [1.29, 1.82) is 0 Å². The first kappa shape index (κ1) is 23.3. The minimum atomic E-state index is -0.159. The quantitative estimate of drug-likeness (QED) is 0.364. The average Bonchev–Trinajstić information content (AvgIpc) is 3.41. The van der Waals surface area contributed by atoms with Gasteiger partial charge in [-0.25, -0.2) is 4.52 Å². The van der Waals surface area contributed by atoms with Gasteiger partial charge in [0, 0.05) is 29.5 Å². The number of amides is 1. The second-order valence-corrected chi connectivity index (χ2v) is 8.52. The fourth-order valence-electron chi connectivity index (χ4n) is 3.47. The number of rotatable bonds is 9. The van der Waals surface area contributed by atoms with Crippen molar-refractivity contribution in [3.8, 4) is 28.6 Å². The zero-order chi connectivity index (χ0) is 24.1. The topological polar surface area (TPSA) is 87.0 Å². The summed E-state index contributed by atoms with van der Waals surface area (Å²) in [6.45, 7) is 2.54. The number of hydrogen-bond acceptors (Lipinski definition) is 7. The van der Waals surface area contributed by atoms with E-state index in [2.05, 4.69) is 15.4 Å². The van der Waals surface area contributed by atoms with Gasteiger partial charge in [0.1, 0.15) is 5.75 Å². The highest BCUT2D eigenvalue weighted by molar-refractivity contribution is 7.17. The van der Waals surface area contributed by atoms with Crippen molar-refractivity contribution in [3.63, 3.8) is 0 Å². The second-order valence-electron chi connectivity index (χ2n) is 7.46. The fourth-order valence-corrected chi connectivity index (χ4v) is 4.52. The predicted octanol–water partition coefficient (Wildman–Crippen LogP) is 4.16. The molecule has 0 fully saturated rings. The lowest BCUT2D eigenvalue weighted by molar-refractivity contribution is -0.116. The number of benzene rings is 2. The van der Waals surface area contributed by atoms with Crippen molar-refractivity contribution in [3.05, 3.63) is 64.7 Å². The van der Waals surface area contributed by atoms with Crippen LogP contribution in [0.15, 0.2) is 48.5 Å². The maximum absolute atomic E-state index is 12.2. The van der Waals surface area contributed by atoms with Crippen LogP contribution in [0.1, 0.15) is 16.1 Å². The van der Waals surface area contributed by atoms with Gasteiger partial charge in [0.05, 0.1) is 27.0 Å². The third-order valence-electron chi connectivity index (χ3n) is 5.35. The van der Waals surface area contributed by atoms with Crippen LogP contribution in [0, 0.1) is 6.92 Å². The Hall–Kier alpha value is -3.85. The zero-order valence-corrected chi connectivity index (χ0v) is 20.3. The molecule has 0 aliphatic carbocycles. The van der Waals surface area contributed by atoms with Crippen LogP contribution in [0.2, 0.25) is 0 Å². The molecule has 0 saturated carbocycles. The van der Waals surface area contributed by atoms with Gasteiger partial charge in [0.15, 0.2) is 17.3 Å². The van der Waals surface area contributed by atoms with Crippen LogP contribution in [0.3, 0.4) is 0 Å². The first-order chi connectivity index (χ1) is 16.5. The minimum Gasteiger partial charge on any atom is -0.497 e. The molecule has 0 spiro atoms. The molecule has 4 aromatic rings. The van der Waals surface area contributed by atoms with E-state index in [9.17, 15) is 4.79 Å². The Bertz CT molecular complexity index is 1320. The standard InChI is InChI=1S/C25H26N4O4S/c1-16-22(34-25-27-24(28-29(16)25)18-7-9-19(31-2)10-8-18)13-14-26-23(30)12-6-17-5-11-20(32-3)21(15-17)33-4/h5-12,15H,13-14H2,1-4H3,(H,26,30). The number of ether oxygens (including phenoxy) is 3. The summed E-state index contributed by atoms with van der Waals surface area (Å²) in [6.07, 6.45) is 3.96. The first-order valence-corrected chi connectivity index (χ1v) is 11.5. The monoisotopic (exact) mass is 478 g/mol. The van der Waals surface area contributed by atoms with Gasteiger partial charge >= 0.3 is 0 Å². The van der Waals surface area contributed by atoms with Crippen molar-refractivity contribution in [2.45, 2.75) is 13.3 Å². The second kappa shape index (κ2) is 10.4. The van der Waals surface area contributed by atoms with Crippen molar-refractivity contribution < 1.29 is 19.0 Å². The van der Waals surface area contributed by atoms with Crippen LogP contribution >= 0.6 is 11.3 Å². The van der Waals surface area contributed by atoms with Crippen LogP contribution < -0.4 is 19.5 Å². The van der Waals surface area contributed by atoms with Crippen molar-refractivity contribution in [2.24, 2.45) is 0 Å². The lowest BCUT2D eigenvalue weighted by Gasteiger charge is -2.07. The van der Waals surface area contributed by atoms with Gasteiger partial charge in [-0.1, -0.05) is 17.4 Å². The summed E-state index contributed by atoms with van der Waals surface area (Å²) < 4.78 is 17.6. The lowest BCUT2D eigenvalue weighted by atomic mass is 10.2. The molecule has 176 valence electrons. The van der Waals surface area contributed by atoms with Crippen molar-refractivity contribution in [1.82, 2.24) is 19.9 Å². The molecule has 0 radical (unpaired) electrons. The Morgan fingerprint density at radius 3 is 2.50 bits per heavy atom. The molecule has 2 heterocycles. The maximum atomic E-state index is 12.2. The van der Waals surface area contributed by atoms with E-state index in [-0.39, 0.29) is 5.91 Å². The molecule has 4 rings (SSSR count). The molecule has 2 aromatic carbocycles. The number of nitrogens with zero attached hydrogens (tertiary/aromatic N) is 3. The highest BCUT2D eigenvalue weighted by Gasteiger charge is 2.14. The Morgan fingerprint density at radius 1 is 1.06 bits per heavy atom. The normalized spacial score (nSPS) is 11.2. The summed E-state index contributed by atoms with van der Waals surface area (Å²) >= 11 is 1.59. The molecular formula is C25H26N4O4S. The van der Waals surface area contributed by atoms with Gasteiger partial charge in [0.2, 0.25) is 10.9 Å².